The van der Waals surface area contributed by atoms with Gasteiger partial charge in [-0.2, -0.15) is 18.3 Å². The number of halogens is 3. The van der Waals surface area contributed by atoms with Gasteiger partial charge in [-0.05, 0) is 31.5 Å². The quantitative estimate of drug-likeness (QED) is 0.425. The van der Waals surface area contributed by atoms with E-state index in [1.54, 1.807) is 12.4 Å². The van der Waals surface area contributed by atoms with Crippen LogP contribution in [-0.4, -0.2) is 64.5 Å². The number of alkyl halides is 3. The van der Waals surface area contributed by atoms with Crippen molar-refractivity contribution < 1.29 is 27.9 Å². The van der Waals surface area contributed by atoms with Crippen LogP contribution in [0.2, 0.25) is 0 Å². The highest BCUT2D eigenvalue weighted by molar-refractivity contribution is 5.95. The molecule has 0 aliphatic carbocycles. The third-order valence-electron chi connectivity index (χ3n) is 4.23. The van der Waals surface area contributed by atoms with E-state index in [2.05, 4.69) is 31.1 Å². The van der Waals surface area contributed by atoms with Gasteiger partial charge in [0, 0.05) is 31.7 Å². The third kappa shape index (κ3) is 7.35. The molecule has 3 heterocycles. The summed E-state index contributed by atoms with van der Waals surface area (Å²) in [5, 5.41) is 23.6. The first kappa shape index (κ1) is 23.1. The molecule has 1 amide bonds. The van der Waals surface area contributed by atoms with Gasteiger partial charge in [-0.3, -0.25) is 9.89 Å². The molecule has 1 unspecified atom stereocenters. The summed E-state index contributed by atoms with van der Waals surface area (Å²) in [7, 11) is 0. The van der Waals surface area contributed by atoms with Crippen LogP contribution in [0.15, 0.2) is 30.6 Å². The number of carboxylic acids is 1. The number of amides is 1. The smallest absolute Gasteiger partial charge is 0.475 e. The minimum Gasteiger partial charge on any atom is -0.475 e. The van der Waals surface area contributed by atoms with E-state index in [1.807, 2.05) is 18.2 Å². The Bertz CT molecular complexity index is 807. The summed E-state index contributed by atoms with van der Waals surface area (Å²) in [4.78, 5) is 25.4. The van der Waals surface area contributed by atoms with Crippen LogP contribution in [0.25, 0.3) is 0 Å². The number of nitrogens with zero attached hydrogens (tertiary/aromatic N) is 2. The number of anilines is 1. The maximum atomic E-state index is 12.3. The number of H-pyrrole nitrogens is 1. The standard InChI is InChI=1S/C16H22N6O.C2HF3O2/c23-16(13-11-21-22-15(13)12-5-9-17-10-12)20-8-3-7-19-14-4-1-2-6-18-14;3-2(4,5)1(6)7/h1-2,4,6,11-12,17H,3,5,7-10H2,(H,18,19)(H,20,23)(H,21,22);(H,6,7). The molecule has 1 saturated heterocycles. The van der Waals surface area contributed by atoms with Crippen molar-refractivity contribution in [2.45, 2.75) is 24.9 Å². The van der Waals surface area contributed by atoms with Gasteiger partial charge in [0.1, 0.15) is 5.82 Å². The number of hydrogen-bond acceptors (Lipinski definition) is 6. The maximum Gasteiger partial charge on any atom is 0.490 e. The van der Waals surface area contributed by atoms with Crippen LogP contribution in [0.4, 0.5) is 19.0 Å². The lowest BCUT2D eigenvalue weighted by molar-refractivity contribution is -0.192. The summed E-state index contributed by atoms with van der Waals surface area (Å²) in [6, 6.07) is 5.75. The number of aliphatic carboxylic acids is 1. The number of pyridine rings is 1. The molecule has 164 valence electrons. The second kappa shape index (κ2) is 11.1. The second-order valence-electron chi connectivity index (χ2n) is 6.44. The van der Waals surface area contributed by atoms with E-state index in [0.29, 0.717) is 18.0 Å². The lowest BCUT2D eigenvalue weighted by Crippen LogP contribution is -2.27. The molecule has 1 aliphatic heterocycles. The molecule has 5 N–H and O–H groups in total. The molecule has 1 atom stereocenters. The van der Waals surface area contributed by atoms with Crippen LogP contribution >= 0.6 is 0 Å². The van der Waals surface area contributed by atoms with Crippen LogP contribution in [-0.2, 0) is 4.79 Å². The SMILES string of the molecule is O=C(NCCCNc1ccccn1)c1cn[nH]c1C1CCNC1.O=C(O)C(F)(F)F. The van der Waals surface area contributed by atoms with Gasteiger partial charge < -0.3 is 21.1 Å². The monoisotopic (exact) mass is 428 g/mol. The number of carbonyl (C=O) groups excluding carboxylic acids is 1. The Morgan fingerprint density at radius 2 is 2.03 bits per heavy atom. The van der Waals surface area contributed by atoms with E-state index < -0.39 is 12.1 Å². The van der Waals surface area contributed by atoms with Crippen LogP contribution in [0.5, 0.6) is 0 Å². The second-order valence-corrected chi connectivity index (χ2v) is 6.44. The van der Waals surface area contributed by atoms with E-state index >= 15 is 0 Å². The molecule has 2 aromatic heterocycles. The summed E-state index contributed by atoms with van der Waals surface area (Å²) in [6.07, 6.45) is 0.161. The highest BCUT2D eigenvalue weighted by atomic mass is 19.4. The molecule has 3 rings (SSSR count). The molecule has 0 radical (unpaired) electrons. The Labute approximate surface area is 170 Å². The predicted molar refractivity (Wildman–Crippen MR) is 102 cm³/mol. The predicted octanol–water partition coefficient (Wildman–Crippen LogP) is 1.75. The Hall–Kier alpha value is -3.15. The first-order chi connectivity index (χ1) is 14.3. The molecule has 0 bridgehead atoms. The van der Waals surface area contributed by atoms with E-state index in [9.17, 15) is 18.0 Å². The molecule has 2 aromatic rings. The largest absolute Gasteiger partial charge is 0.490 e. The zero-order valence-electron chi connectivity index (χ0n) is 16.0. The van der Waals surface area contributed by atoms with Crippen molar-refractivity contribution in [3.05, 3.63) is 41.9 Å². The number of rotatable bonds is 7. The topological polar surface area (TPSA) is 132 Å². The summed E-state index contributed by atoms with van der Waals surface area (Å²) >= 11 is 0. The lowest BCUT2D eigenvalue weighted by atomic mass is 10.0. The normalized spacial score (nSPS) is 15.8. The average molecular weight is 428 g/mol. The lowest BCUT2D eigenvalue weighted by Gasteiger charge is -2.10. The van der Waals surface area contributed by atoms with Crippen LogP contribution in [0, 0.1) is 0 Å². The van der Waals surface area contributed by atoms with Crippen molar-refractivity contribution >= 4 is 17.7 Å². The number of carbonyl (C=O) groups is 2. The fraction of sp³-hybridized carbons (Fsp3) is 0.444. The number of carboxylic acid groups (broad SMARTS) is 1. The minimum atomic E-state index is -5.08. The van der Waals surface area contributed by atoms with Crippen molar-refractivity contribution in [1.29, 1.82) is 0 Å². The molecule has 30 heavy (non-hydrogen) atoms. The van der Waals surface area contributed by atoms with Crippen LogP contribution < -0.4 is 16.0 Å². The first-order valence-corrected chi connectivity index (χ1v) is 9.26. The van der Waals surface area contributed by atoms with Crippen molar-refractivity contribution in [3.8, 4) is 0 Å². The van der Waals surface area contributed by atoms with Gasteiger partial charge in [0.25, 0.3) is 5.91 Å². The highest BCUT2D eigenvalue weighted by Gasteiger charge is 2.38. The van der Waals surface area contributed by atoms with Crippen molar-refractivity contribution in [3.63, 3.8) is 0 Å². The Balaban J connectivity index is 0.000000396. The number of nitrogens with one attached hydrogen (secondary N) is 4. The zero-order chi connectivity index (χ0) is 22.0. The highest BCUT2D eigenvalue weighted by Crippen LogP contribution is 2.23. The molecular weight excluding hydrogens is 405 g/mol. The molecule has 0 aromatic carbocycles. The fourth-order valence-corrected chi connectivity index (χ4v) is 2.76. The average Bonchev–Trinajstić information content (AvgIpc) is 3.39. The van der Waals surface area contributed by atoms with Crippen molar-refractivity contribution in [2.75, 3.05) is 31.5 Å². The van der Waals surface area contributed by atoms with E-state index in [4.69, 9.17) is 9.90 Å². The van der Waals surface area contributed by atoms with E-state index in [0.717, 1.165) is 44.0 Å². The van der Waals surface area contributed by atoms with Crippen molar-refractivity contribution in [1.82, 2.24) is 25.8 Å². The number of aromatic amines is 1. The van der Waals surface area contributed by atoms with Crippen LogP contribution in [0.3, 0.4) is 0 Å². The summed E-state index contributed by atoms with van der Waals surface area (Å²) in [6.45, 7) is 3.27. The Morgan fingerprint density at radius 3 is 2.63 bits per heavy atom. The molecular formula is C18H23F3N6O3. The van der Waals surface area contributed by atoms with Crippen molar-refractivity contribution in [2.24, 2.45) is 0 Å². The van der Waals surface area contributed by atoms with Gasteiger partial charge in [-0.25, -0.2) is 9.78 Å². The van der Waals surface area contributed by atoms with Gasteiger partial charge in [0.05, 0.1) is 17.5 Å². The Morgan fingerprint density at radius 1 is 1.27 bits per heavy atom. The molecule has 1 fully saturated rings. The first-order valence-electron chi connectivity index (χ1n) is 9.26. The number of hydrogen-bond donors (Lipinski definition) is 5. The fourth-order valence-electron chi connectivity index (χ4n) is 2.76. The molecule has 9 nitrogen and oxygen atoms in total. The van der Waals surface area contributed by atoms with Gasteiger partial charge in [-0.15, -0.1) is 0 Å². The molecule has 0 spiro atoms. The van der Waals surface area contributed by atoms with Gasteiger partial charge in [-0.1, -0.05) is 6.07 Å². The molecule has 12 heteroatoms. The molecule has 1 aliphatic rings. The van der Waals surface area contributed by atoms with E-state index in [-0.39, 0.29) is 5.91 Å². The van der Waals surface area contributed by atoms with E-state index in [1.165, 1.54) is 0 Å². The van der Waals surface area contributed by atoms with Crippen LogP contribution in [0.1, 0.15) is 34.8 Å². The van der Waals surface area contributed by atoms with Gasteiger partial charge in [0.2, 0.25) is 0 Å². The summed E-state index contributed by atoms with van der Waals surface area (Å²) in [5.74, 6) is -1.61. The third-order valence-corrected chi connectivity index (χ3v) is 4.23. The maximum absolute atomic E-state index is 12.3. The number of aromatic nitrogens is 3. The molecule has 0 saturated carbocycles. The summed E-state index contributed by atoms with van der Waals surface area (Å²) in [5.41, 5.74) is 1.61. The van der Waals surface area contributed by atoms with Gasteiger partial charge in [0.15, 0.2) is 0 Å². The minimum absolute atomic E-state index is 0.0570. The van der Waals surface area contributed by atoms with Gasteiger partial charge >= 0.3 is 12.1 Å². The Kier molecular flexibility index (Phi) is 8.59. The zero-order valence-corrected chi connectivity index (χ0v) is 16.0. The summed E-state index contributed by atoms with van der Waals surface area (Å²) < 4.78 is 31.7.